The van der Waals surface area contributed by atoms with Crippen LogP contribution >= 0.6 is 0 Å². The third-order valence-electron chi connectivity index (χ3n) is 3.90. The minimum Gasteiger partial charge on any atom is -0.356 e. The molecule has 0 unspecified atom stereocenters. The molecule has 2 heteroatoms. The van der Waals surface area contributed by atoms with Crippen molar-refractivity contribution in [2.45, 2.75) is 20.8 Å². The smallest absolute Gasteiger partial charge is 0.0416 e. The van der Waals surface area contributed by atoms with Gasteiger partial charge in [-0.1, -0.05) is 29.8 Å². The van der Waals surface area contributed by atoms with Crippen LogP contribution < -0.4 is 10.6 Å². The highest BCUT2D eigenvalue weighted by Crippen LogP contribution is 2.24. The van der Waals surface area contributed by atoms with Crippen molar-refractivity contribution >= 4 is 22.7 Å². The first-order valence-corrected chi connectivity index (χ1v) is 7.88. The third kappa shape index (κ3) is 3.92. The maximum Gasteiger partial charge on any atom is 0.0416 e. The van der Waals surface area contributed by atoms with Gasteiger partial charge in [0.2, 0.25) is 0 Å². The zero-order valence-electron chi connectivity index (χ0n) is 13.9. The Hall–Kier alpha value is -2.74. The Kier molecular flexibility index (Phi) is 4.33. The topological polar surface area (TPSA) is 24.1 Å². The van der Waals surface area contributed by atoms with Crippen LogP contribution in [0, 0.1) is 20.8 Å². The molecule has 0 aromatic heterocycles. The molecule has 0 bridgehead atoms. The summed E-state index contributed by atoms with van der Waals surface area (Å²) in [6.45, 7) is 6.33. The van der Waals surface area contributed by atoms with Gasteiger partial charge >= 0.3 is 0 Å². The Morgan fingerprint density at radius 3 is 1.61 bits per heavy atom. The first-order valence-electron chi connectivity index (χ1n) is 7.88. The normalized spacial score (nSPS) is 10.4. The number of aryl methyl sites for hydroxylation is 3. The van der Waals surface area contributed by atoms with Gasteiger partial charge in [-0.25, -0.2) is 0 Å². The van der Waals surface area contributed by atoms with Crippen molar-refractivity contribution in [1.29, 1.82) is 0 Å². The van der Waals surface area contributed by atoms with Crippen LogP contribution in [0.2, 0.25) is 0 Å². The molecule has 2 nitrogen and oxygen atoms in total. The monoisotopic (exact) mass is 302 g/mol. The number of rotatable bonds is 4. The largest absolute Gasteiger partial charge is 0.356 e. The first-order chi connectivity index (χ1) is 11.1. The first kappa shape index (κ1) is 15.2. The van der Waals surface area contributed by atoms with E-state index >= 15 is 0 Å². The molecule has 0 saturated heterocycles. The molecule has 116 valence electrons. The van der Waals surface area contributed by atoms with E-state index in [1.54, 1.807) is 0 Å². The van der Waals surface area contributed by atoms with E-state index in [-0.39, 0.29) is 0 Å². The Morgan fingerprint density at radius 1 is 0.522 bits per heavy atom. The van der Waals surface area contributed by atoms with Crippen LogP contribution in [0.5, 0.6) is 0 Å². The van der Waals surface area contributed by atoms with Crippen molar-refractivity contribution < 1.29 is 0 Å². The summed E-state index contributed by atoms with van der Waals surface area (Å²) in [7, 11) is 0. The molecule has 0 radical (unpaired) electrons. The Labute approximate surface area is 138 Å². The molecule has 0 atom stereocenters. The van der Waals surface area contributed by atoms with E-state index in [9.17, 15) is 0 Å². The molecule has 0 heterocycles. The highest BCUT2D eigenvalue weighted by atomic mass is 14.9. The van der Waals surface area contributed by atoms with E-state index in [4.69, 9.17) is 0 Å². The second-order valence-corrected chi connectivity index (χ2v) is 6.01. The Balaban J connectivity index is 1.71. The number of nitrogens with one attached hydrogen (secondary N) is 2. The van der Waals surface area contributed by atoms with Crippen molar-refractivity contribution in [3.05, 3.63) is 83.4 Å². The van der Waals surface area contributed by atoms with Crippen LogP contribution in [0.15, 0.2) is 66.7 Å². The molecule has 3 aromatic carbocycles. The lowest BCUT2D eigenvalue weighted by Gasteiger charge is -2.12. The van der Waals surface area contributed by atoms with Crippen molar-refractivity contribution in [3.8, 4) is 0 Å². The highest BCUT2D eigenvalue weighted by molar-refractivity contribution is 5.67. The van der Waals surface area contributed by atoms with Gasteiger partial charge in [-0.2, -0.15) is 0 Å². The van der Waals surface area contributed by atoms with Crippen molar-refractivity contribution in [2.24, 2.45) is 0 Å². The summed E-state index contributed by atoms with van der Waals surface area (Å²) >= 11 is 0. The van der Waals surface area contributed by atoms with Gasteiger partial charge in [-0.05, 0) is 74.4 Å². The summed E-state index contributed by atoms with van der Waals surface area (Å²) in [5.41, 5.74) is 8.21. The van der Waals surface area contributed by atoms with E-state index in [0.29, 0.717) is 0 Å². The van der Waals surface area contributed by atoms with E-state index in [1.165, 1.54) is 16.7 Å². The molecule has 3 rings (SSSR count). The van der Waals surface area contributed by atoms with Gasteiger partial charge in [0.25, 0.3) is 0 Å². The van der Waals surface area contributed by atoms with Gasteiger partial charge in [-0.3, -0.25) is 0 Å². The van der Waals surface area contributed by atoms with Crippen LogP contribution in [-0.4, -0.2) is 0 Å². The van der Waals surface area contributed by atoms with Crippen LogP contribution in [0.4, 0.5) is 22.7 Å². The minimum absolute atomic E-state index is 1.08. The Morgan fingerprint density at radius 2 is 1.00 bits per heavy atom. The second-order valence-electron chi connectivity index (χ2n) is 6.01. The molecular formula is C21H22N2. The fourth-order valence-corrected chi connectivity index (χ4v) is 2.47. The molecule has 0 aliphatic carbocycles. The molecule has 0 amide bonds. The summed E-state index contributed by atoms with van der Waals surface area (Å²) in [6.07, 6.45) is 0. The maximum absolute atomic E-state index is 3.48. The number of hydrogen-bond donors (Lipinski definition) is 2. The Bertz CT molecular complexity index is 787. The predicted octanol–water partition coefficient (Wildman–Crippen LogP) is 6.10. The van der Waals surface area contributed by atoms with Gasteiger partial charge in [0.1, 0.15) is 0 Å². The zero-order chi connectivity index (χ0) is 16.2. The van der Waals surface area contributed by atoms with Gasteiger partial charge in [0, 0.05) is 22.7 Å². The summed E-state index contributed by atoms with van der Waals surface area (Å²) in [5, 5.41) is 6.90. The lowest BCUT2D eigenvalue weighted by molar-refractivity contribution is 1.38. The van der Waals surface area contributed by atoms with Crippen molar-refractivity contribution in [1.82, 2.24) is 0 Å². The zero-order valence-corrected chi connectivity index (χ0v) is 13.9. The average Bonchev–Trinajstić information content (AvgIpc) is 2.55. The number of anilines is 4. The quantitative estimate of drug-likeness (QED) is 0.608. The van der Waals surface area contributed by atoms with Crippen molar-refractivity contribution in [2.75, 3.05) is 10.6 Å². The van der Waals surface area contributed by atoms with Gasteiger partial charge in [0.05, 0.1) is 0 Å². The standard InChI is InChI=1S/C21H22N2/c1-15-5-8-18(9-6-15)22-19-10-12-20(13-11-19)23-21-14-16(2)4-7-17(21)3/h4-14,22-23H,1-3H3. The van der Waals surface area contributed by atoms with E-state index in [0.717, 1.165) is 22.7 Å². The molecule has 2 N–H and O–H groups in total. The van der Waals surface area contributed by atoms with E-state index < -0.39 is 0 Å². The number of hydrogen-bond acceptors (Lipinski definition) is 2. The maximum atomic E-state index is 3.48. The SMILES string of the molecule is Cc1ccc(Nc2ccc(Nc3cc(C)ccc3C)cc2)cc1. The number of benzene rings is 3. The van der Waals surface area contributed by atoms with Gasteiger partial charge in [0.15, 0.2) is 0 Å². The highest BCUT2D eigenvalue weighted by Gasteiger charge is 2.00. The fourth-order valence-electron chi connectivity index (χ4n) is 2.47. The fraction of sp³-hybridized carbons (Fsp3) is 0.143. The second kappa shape index (κ2) is 6.57. The van der Waals surface area contributed by atoms with Gasteiger partial charge < -0.3 is 10.6 Å². The molecule has 3 aromatic rings. The summed E-state index contributed by atoms with van der Waals surface area (Å²) in [5.74, 6) is 0. The molecule has 0 saturated carbocycles. The van der Waals surface area contributed by atoms with E-state index in [2.05, 4.69) is 98.1 Å². The summed E-state index contributed by atoms with van der Waals surface area (Å²) in [6, 6.07) is 23.2. The third-order valence-corrected chi connectivity index (χ3v) is 3.90. The molecule has 0 fully saturated rings. The van der Waals surface area contributed by atoms with Crippen LogP contribution in [0.1, 0.15) is 16.7 Å². The van der Waals surface area contributed by atoms with Crippen LogP contribution in [-0.2, 0) is 0 Å². The molecule has 23 heavy (non-hydrogen) atoms. The lowest BCUT2D eigenvalue weighted by Crippen LogP contribution is -1.95. The average molecular weight is 302 g/mol. The van der Waals surface area contributed by atoms with Gasteiger partial charge in [-0.15, -0.1) is 0 Å². The molecular weight excluding hydrogens is 280 g/mol. The molecule has 0 spiro atoms. The van der Waals surface area contributed by atoms with E-state index in [1.807, 2.05) is 0 Å². The van der Waals surface area contributed by atoms with Crippen molar-refractivity contribution in [3.63, 3.8) is 0 Å². The van der Waals surface area contributed by atoms with Crippen LogP contribution in [0.3, 0.4) is 0 Å². The summed E-state index contributed by atoms with van der Waals surface area (Å²) < 4.78 is 0. The molecule has 0 aliphatic heterocycles. The predicted molar refractivity (Wildman–Crippen MR) is 100 cm³/mol. The minimum atomic E-state index is 1.08. The molecule has 0 aliphatic rings. The van der Waals surface area contributed by atoms with Crippen LogP contribution in [0.25, 0.3) is 0 Å². The lowest BCUT2D eigenvalue weighted by atomic mass is 10.1. The summed E-state index contributed by atoms with van der Waals surface area (Å²) in [4.78, 5) is 0.